The van der Waals surface area contributed by atoms with E-state index in [1.807, 2.05) is 13.1 Å². The van der Waals surface area contributed by atoms with E-state index in [0.29, 0.717) is 30.9 Å². The largest absolute Gasteiger partial charge is 0.493 e. The van der Waals surface area contributed by atoms with E-state index >= 15 is 0 Å². The molecule has 2 bridgehead atoms. The second-order valence-corrected chi connectivity index (χ2v) is 11.6. The average Bonchev–Trinajstić information content (AvgIpc) is 3.35. The molecule has 5 rings (SSSR count). The fraction of sp³-hybridized carbons (Fsp3) is 0.484. The lowest BCUT2D eigenvalue weighted by Gasteiger charge is -2.61. The average molecular weight is 644 g/mol. The Hall–Kier alpha value is -4.69. The van der Waals surface area contributed by atoms with E-state index in [2.05, 4.69) is 17.2 Å². The van der Waals surface area contributed by atoms with Gasteiger partial charge in [0.05, 0.1) is 31.0 Å². The van der Waals surface area contributed by atoms with Crippen LogP contribution in [0, 0.1) is 0 Å². The lowest BCUT2D eigenvalue weighted by atomic mass is 9.50. The van der Waals surface area contributed by atoms with Crippen molar-refractivity contribution in [3.05, 3.63) is 53.5 Å². The summed E-state index contributed by atoms with van der Waals surface area (Å²) in [6, 6.07) is 3.44. The molecular weight excluding hydrogens is 610 g/mol. The van der Waals surface area contributed by atoms with E-state index in [0.717, 1.165) is 17.2 Å². The molecule has 46 heavy (non-hydrogen) atoms. The molecule has 0 saturated carbocycles. The normalized spacial score (nSPS) is 27.3. The molecular formula is C31H33NO14. The molecule has 2 aliphatic carbocycles. The van der Waals surface area contributed by atoms with E-state index in [-0.39, 0.29) is 18.2 Å². The minimum absolute atomic E-state index is 0.0434. The number of aliphatic hydroxyl groups is 2. The summed E-state index contributed by atoms with van der Waals surface area (Å²) in [5.74, 6) is -6.41. The van der Waals surface area contributed by atoms with Crippen molar-refractivity contribution >= 4 is 29.8 Å². The second kappa shape index (κ2) is 12.2. The van der Waals surface area contributed by atoms with Gasteiger partial charge in [-0.25, -0.2) is 14.4 Å². The van der Waals surface area contributed by atoms with Crippen molar-refractivity contribution in [1.29, 1.82) is 0 Å². The van der Waals surface area contributed by atoms with Crippen molar-refractivity contribution in [2.24, 2.45) is 0 Å². The first kappa shape index (κ1) is 32.7. The predicted octanol–water partition coefficient (Wildman–Crippen LogP) is -0.00890. The molecule has 4 N–H and O–H groups in total. The van der Waals surface area contributed by atoms with Gasteiger partial charge in [-0.05, 0) is 44.1 Å². The number of nitrogens with zero attached hydrogens (tertiary/aromatic N) is 1. The zero-order valence-corrected chi connectivity index (χ0v) is 25.0. The summed E-state index contributed by atoms with van der Waals surface area (Å²) in [5.41, 5.74) is 1.61. The highest BCUT2D eigenvalue weighted by atomic mass is 16.6. The molecule has 2 aliphatic heterocycles. The molecule has 0 aromatic heterocycles. The first-order valence-corrected chi connectivity index (χ1v) is 14.4. The Labute approximate surface area is 262 Å². The molecule has 0 radical (unpaired) electrons. The Morgan fingerprint density at radius 1 is 1.15 bits per heavy atom. The van der Waals surface area contributed by atoms with Gasteiger partial charge < -0.3 is 49.0 Å². The minimum Gasteiger partial charge on any atom is -0.493 e. The molecule has 246 valence electrons. The third-order valence-corrected chi connectivity index (χ3v) is 9.08. The van der Waals surface area contributed by atoms with E-state index in [9.17, 15) is 39.3 Å². The number of benzene rings is 1. The maximum absolute atomic E-state index is 13.3. The zero-order chi connectivity index (χ0) is 33.6. The molecule has 1 unspecified atom stereocenters. The van der Waals surface area contributed by atoms with Gasteiger partial charge in [0.1, 0.15) is 5.76 Å². The van der Waals surface area contributed by atoms with Crippen molar-refractivity contribution in [1.82, 2.24) is 4.90 Å². The topological polar surface area (TPSA) is 216 Å². The van der Waals surface area contributed by atoms with Crippen LogP contribution in [0.15, 0.2) is 42.4 Å². The van der Waals surface area contributed by atoms with Crippen LogP contribution in [0.3, 0.4) is 0 Å². The summed E-state index contributed by atoms with van der Waals surface area (Å²) >= 11 is 0. The number of likely N-dealkylation sites (tertiary alicyclic amines) is 1. The van der Waals surface area contributed by atoms with Crippen LogP contribution in [0.5, 0.6) is 11.5 Å². The number of rotatable bonds is 12. The maximum atomic E-state index is 13.3. The highest BCUT2D eigenvalue weighted by molar-refractivity contribution is 5.88. The number of carbonyl (C=O) groups excluding carboxylic acids is 3. The first-order valence-electron chi connectivity index (χ1n) is 14.4. The molecule has 1 saturated heterocycles. The van der Waals surface area contributed by atoms with Crippen LogP contribution in [-0.4, -0.2) is 112 Å². The molecule has 1 spiro atoms. The summed E-state index contributed by atoms with van der Waals surface area (Å²) in [6.07, 6.45) is -5.74. The van der Waals surface area contributed by atoms with Crippen LogP contribution in [0.1, 0.15) is 36.8 Å². The van der Waals surface area contributed by atoms with Crippen LogP contribution < -0.4 is 9.47 Å². The van der Waals surface area contributed by atoms with Crippen LogP contribution in [0.2, 0.25) is 0 Å². The lowest BCUT2D eigenvalue weighted by Crippen LogP contribution is -2.74. The minimum atomic E-state index is -2.17. The molecule has 1 aromatic carbocycles. The van der Waals surface area contributed by atoms with Gasteiger partial charge in [0, 0.05) is 24.1 Å². The van der Waals surface area contributed by atoms with Crippen LogP contribution in [0.4, 0.5) is 0 Å². The number of carboxylic acids is 2. The number of likely N-dealkylation sites (N-methyl/N-ethyl adjacent to an activating group) is 1. The van der Waals surface area contributed by atoms with Crippen LogP contribution in [-0.2, 0) is 50.0 Å². The number of carbonyl (C=O) groups is 5. The van der Waals surface area contributed by atoms with Gasteiger partial charge in [0.25, 0.3) is 0 Å². The van der Waals surface area contributed by atoms with Crippen molar-refractivity contribution < 1.29 is 68.1 Å². The predicted molar refractivity (Wildman–Crippen MR) is 152 cm³/mol. The molecule has 15 nitrogen and oxygen atoms in total. The van der Waals surface area contributed by atoms with Crippen molar-refractivity contribution in [2.75, 3.05) is 20.7 Å². The first-order chi connectivity index (χ1) is 21.8. The molecule has 1 aromatic rings. The summed E-state index contributed by atoms with van der Waals surface area (Å²) in [4.78, 5) is 63.1. The number of methoxy groups -OCH3 is 1. The second-order valence-electron chi connectivity index (χ2n) is 11.6. The Morgan fingerprint density at radius 2 is 1.89 bits per heavy atom. The fourth-order valence-electron chi connectivity index (χ4n) is 7.00. The molecule has 7 atom stereocenters. The van der Waals surface area contributed by atoms with Crippen molar-refractivity contribution in [3.8, 4) is 11.5 Å². The summed E-state index contributed by atoms with van der Waals surface area (Å²) in [6.45, 7) is 3.83. The number of hydrogen-bond donors (Lipinski definition) is 4. The molecule has 1 fully saturated rings. The fourth-order valence-corrected chi connectivity index (χ4v) is 7.00. The van der Waals surface area contributed by atoms with Gasteiger partial charge in [-0.3, -0.25) is 9.59 Å². The number of hydrogen-bond acceptors (Lipinski definition) is 13. The summed E-state index contributed by atoms with van der Waals surface area (Å²) in [7, 11) is 3.42. The van der Waals surface area contributed by atoms with E-state index in [1.165, 1.54) is 13.2 Å². The third kappa shape index (κ3) is 5.30. The highest BCUT2D eigenvalue weighted by Crippen LogP contribution is 2.65. The highest BCUT2D eigenvalue weighted by Gasteiger charge is 2.72. The number of ether oxygens (including phenoxy) is 5. The number of piperidine rings is 1. The van der Waals surface area contributed by atoms with Gasteiger partial charge >= 0.3 is 29.8 Å². The number of aliphatic hydroxyl groups excluding tert-OH is 1. The molecule has 0 amide bonds. The quantitative estimate of drug-likeness (QED) is 0.134. The SMILES string of the molecule is C=C=CC(OC(=O)[C@H](CC(=O)OC1=CC[C@@]2(O)[C@H]3Cc4ccc(OC)c5c4[C@@]2(CCN3C)[C@H]1O5)OC(=O)C[C@H](O)C(=O)O)C(=O)O. The van der Waals surface area contributed by atoms with E-state index in [1.54, 1.807) is 6.07 Å². The Morgan fingerprint density at radius 3 is 2.54 bits per heavy atom. The van der Waals surface area contributed by atoms with E-state index in [4.69, 9.17) is 28.8 Å². The van der Waals surface area contributed by atoms with Gasteiger partial charge in [-0.2, -0.15) is 0 Å². The van der Waals surface area contributed by atoms with Gasteiger partial charge in [0.2, 0.25) is 12.2 Å². The van der Waals surface area contributed by atoms with Crippen molar-refractivity contribution in [3.63, 3.8) is 0 Å². The van der Waals surface area contributed by atoms with Crippen LogP contribution >= 0.6 is 0 Å². The molecule has 15 heteroatoms. The smallest absolute Gasteiger partial charge is 0.349 e. The van der Waals surface area contributed by atoms with Gasteiger partial charge in [0.15, 0.2) is 23.7 Å². The van der Waals surface area contributed by atoms with E-state index < -0.39 is 78.1 Å². The standard InChI is InChI=1S/C31H33NO14/c1-4-5-19(28(38)39)45-29(40)20(44-22(34)13-16(33)27(36)37)14-23(35)43-18-8-9-31(41)21-12-15-6-7-17(42-3)25-24(15)30(31,26(18)46-25)10-11-32(21)2/h5-8,16,19-21,26,33,41H,1,9-14H2,2-3H3,(H,36,37)(H,38,39)/t16-,19?,20-,21+,26-,30-,31+/m0/s1. The molecule has 2 heterocycles. The van der Waals surface area contributed by atoms with Crippen molar-refractivity contribution in [2.45, 2.75) is 73.6 Å². The van der Waals surface area contributed by atoms with Gasteiger partial charge in [-0.1, -0.05) is 12.6 Å². The van der Waals surface area contributed by atoms with Crippen LogP contribution in [0.25, 0.3) is 0 Å². The summed E-state index contributed by atoms with van der Waals surface area (Å²) < 4.78 is 27.5. The number of carboxylic acid groups (broad SMARTS) is 2. The Kier molecular flexibility index (Phi) is 8.71. The Bertz CT molecular complexity index is 1560. The monoisotopic (exact) mass is 643 g/mol. The van der Waals surface area contributed by atoms with Gasteiger partial charge in [-0.15, -0.1) is 5.73 Å². The zero-order valence-electron chi connectivity index (χ0n) is 25.0. The number of aliphatic carboxylic acids is 2. The number of esters is 3. The lowest BCUT2D eigenvalue weighted by molar-refractivity contribution is -0.179. The Balaban J connectivity index is 1.42. The summed E-state index contributed by atoms with van der Waals surface area (Å²) in [5, 5.41) is 40.1. The third-order valence-electron chi connectivity index (χ3n) is 9.08. The maximum Gasteiger partial charge on any atom is 0.349 e. The molecule has 4 aliphatic rings.